The van der Waals surface area contributed by atoms with Gasteiger partial charge in [-0.25, -0.2) is 4.52 Å². The van der Waals surface area contributed by atoms with Gasteiger partial charge in [-0.3, -0.25) is 4.79 Å². The molecule has 0 saturated carbocycles. The number of aromatic nitrogens is 3. The molecular formula is C17H13N3O. The van der Waals surface area contributed by atoms with E-state index in [4.69, 9.17) is 0 Å². The third-order valence-corrected chi connectivity index (χ3v) is 3.68. The first-order chi connectivity index (χ1) is 10.2. The van der Waals surface area contributed by atoms with E-state index >= 15 is 0 Å². The van der Waals surface area contributed by atoms with Crippen LogP contribution in [0.1, 0.15) is 5.56 Å². The summed E-state index contributed by atoms with van der Waals surface area (Å²) in [4.78, 5) is 15.0. The van der Waals surface area contributed by atoms with Crippen LogP contribution in [0.2, 0.25) is 0 Å². The summed E-state index contributed by atoms with van der Waals surface area (Å²) in [6.45, 7) is 2.05. The molecule has 2 aromatic carbocycles. The van der Waals surface area contributed by atoms with Gasteiger partial charge >= 0.3 is 0 Å². The topological polar surface area (TPSA) is 50.2 Å². The number of rotatable bonds is 1. The molecule has 0 fully saturated rings. The first-order valence-corrected chi connectivity index (χ1v) is 6.80. The number of hydrogen-bond acceptors (Lipinski definition) is 2. The fourth-order valence-corrected chi connectivity index (χ4v) is 2.55. The molecule has 4 heteroatoms. The Kier molecular flexibility index (Phi) is 2.44. The second kappa shape index (κ2) is 4.31. The molecule has 1 N–H and O–H groups in total. The minimum Gasteiger partial charge on any atom is -0.306 e. The maximum absolute atomic E-state index is 12.1. The average molecular weight is 275 g/mol. The quantitative estimate of drug-likeness (QED) is 0.580. The number of fused-ring (bicyclic) bond motifs is 3. The maximum atomic E-state index is 12.1. The molecule has 0 aliphatic heterocycles. The van der Waals surface area contributed by atoms with Crippen LogP contribution in [-0.4, -0.2) is 14.6 Å². The lowest BCUT2D eigenvalue weighted by atomic mass is 10.1. The fourth-order valence-electron chi connectivity index (χ4n) is 2.55. The highest BCUT2D eigenvalue weighted by molar-refractivity contribution is 5.81. The largest absolute Gasteiger partial charge is 0.306 e. The van der Waals surface area contributed by atoms with Crippen molar-refractivity contribution < 1.29 is 0 Å². The lowest BCUT2D eigenvalue weighted by molar-refractivity contribution is 0.981. The van der Waals surface area contributed by atoms with Gasteiger partial charge in [0.25, 0.3) is 5.56 Å². The molecule has 4 rings (SSSR count). The third-order valence-electron chi connectivity index (χ3n) is 3.68. The van der Waals surface area contributed by atoms with Crippen molar-refractivity contribution in [2.45, 2.75) is 6.92 Å². The third kappa shape index (κ3) is 1.84. The number of benzene rings is 2. The zero-order chi connectivity index (χ0) is 14.4. The van der Waals surface area contributed by atoms with Crippen molar-refractivity contribution in [3.63, 3.8) is 0 Å². The van der Waals surface area contributed by atoms with Crippen molar-refractivity contribution in [1.82, 2.24) is 14.6 Å². The van der Waals surface area contributed by atoms with Gasteiger partial charge in [0.15, 0.2) is 0 Å². The molecule has 0 atom stereocenters. The lowest BCUT2D eigenvalue weighted by Gasteiger charge is -1.99. The van der Waals surface area contributed by atoms with Crippen molar-refractivity contribution >= 4 is 16.6 Å². The monoisotopic (exact) mass is 275 g/mol. The average Bonchev–Trinajstić information content (AvgIpc) is 2.92. The van der Waals surface area contributed by atoms with Crippen LogP contribution in [0.5, 0.6) is 0 Å². The summed E-state index contributed by atoms with van der Waals surface area (Å²) < 4.78 is 1.78. The molecule has 0 aliphatic carbocycles. The standard InChI is InChI=1S/C17H13N3O/c1-11-6-8-12(9-7-11)14-10-16-18-17(21)13-4-2-3-5-15(13)20(16)19-14/h2-10H,1H3,(H,18,21). The van der Waals surface area contributed by atoms with Gasteiger partial charge in [0.05, 0.1) is 16.6 Å². The second-order valence-electron chi connectivity index (χ2n) is 5.16. The molecule has 2 aromatic heterocycles. The Balaban J connectivity index is 2.04. The van der Waals surface area contributed by atoms with E-state index in [1.807, 2.05) is 36.4 Å². The Morgan fingerprint density at radius 1 is 1.05 bits per heavy atom. The fraction of sp³-hybridized carbons (Fsp3) is 0.0588. The molecule has 0 radical (unpaired) electrons. The van der Waals surface area contributed by atoms with Crippen molar-refractivity contribution in [3.05, 3.63) is 70.5 Å². The molecule has 0 unspecified atom stereocenters. The number of nitrogens with zero attached hydrogens (tertiary/aromatic N) is 2. The van der Waals surface area contributed by atoms with E-state index in [0.29, 0.717) is 11.0 Å². The Morgan fingerprint density at radius 2 is 1.81 bits per heavy atom. The summed E-state index contributed by atoms with van der Waals surface area (Å²) in [6.07, 6.45) is 0. The van der Waals surface area contributed by atoms with Crippen molar-refractivity contribution in [2.24, 2.45) is 0 Å². The van der Waals surface area contributed by atoms with Gasteiger partial charge in [-0.15, -0.1) is 0 Å². The number of nitrogens with one attached hydrogen (secondary N) is 1. The van der Waals surface area contributed by atoms with Crippen LogP contribution < -0.4 is 5.56 Å². The summed E-state index contributed by atoms with van der Waals surface area (Å²) in [7, 11) is 0. The molecule has 21 heavy (non-hydrogen) atoms. The Morgan fingerprint density at radius 3 is 2.62 bits per heavy atom. The summed E-state index contributed by atoms with van der Waals surface area (Å²) in [5.41, 5.74) is 4.52. The van der Waals surface area contributed by atoms with Crippen LogP contribution in [0.25, 0.3) is 27.8 Å². The number of aromatic amines is 1. The highest BCUT2D eigenvalue weighted by atomic mass is 16.1. The SMILES string of the molecule is Cc1ccc(-c2cc3[nH]c(=O)c4ccccc4n3n2)cc1. The molecule has 4 nitrogen and oxygen atoms in total. The minimum absolute atomic E-state index is 0.0894. The van der Waals surface area contributed by atoms with E-state index in [9.17, 15) is 4.79 Å². The molecule has 0 bridgehead atoms. The summed E-state index contributed by atoms with van der Waals surface area (Å²) in [5, 5.41) is 5.27. The molecule has 4 aromatic rings. The van der Waals surface area contributed by atoms with Crippen LogP contribution in [-0.2, 0) is 0 Å². The van der Waals surface area contributed by atoms with Gasteiger partial charge < -0.3 is 4.98 Å². The minimum atomic E-state index is -0.0894. The Bertz CT molecular complexity index is 1010. The van der Waals surface area contributed by atoms with Gasteiger partial charge in [-0.1, -0.05) is 42.0 Å². The van der Waals surface area contributed by atoms with E-state index in [1.165, 1.54) is 5.56 Å². The van der Waals surface area contributed by atoms with E-state index in [2.05, 4.69) is 29.1 Å². The lowest BCUT2D eigenvalue weighted by Crippen LogP contribution is -2.09. The van der Waals surface area contributed by atoms with Crippen molar-refractivity contribution in [3.8, 4) is 11.3 Å². The van der Waals surface area contributed by atoms with Gasteiger partial charge in [-0.05, 0) is 19.1 Å². The van der Waals surface area contributed by atoms with E-state index in [0.717, 1.165) is 16.8 Å². The smallest absolute Gasteiger partial charge is 0.259 e. The maximum Gasteiger partial charge on any atom is 0.259 e. The summed E-state index contributed by atoms with van der Waals surface area (Å²) in [5.74, 6) is 0. The predicted octanol–water partition coefficient (Wildman–Crippen LogP) is 3.15. The number of para-hydroxylation sites is 1. The van der Waals surface area contributed by atoms with E-state index < -0.39 is 0 Å². The molecule has 0 saturated heterocycles. The van der Waals surface area contributed by atoms with Crippen molar-refractivity contribution in [1.29, 1.82) is 0 Å². The zero-order valence-electron chi connectivity index (χ0n) is 11.5. The summed E-state index contributed by atoms with van der Waals surface area (Å²) >= 11 is 0. The van der Waals surface area contributed by atoms with Gasteiger partial charge in [0, 0.05) is 11.6 Å². The van der Waals surface area contributed by atoms with Gasteiger partial charge in [-0.2, -0.15) is 5.10 Å². The summed E-state index contributed by atoms with van der Waals surface area (Å²) in [6, 6.07) is 17.6. The first kappa shape index (κ1) is 11.9. The molecule has 2 heterocycles. The van der Waals surface area contributed by atoms with E-state index in [-0.39, 0.29) is 5.56 Å². The van der Waals surface area contributed by atoms with Crippen LogP contribution in [0.3, 0.4) is 0 Å². The molecular weight excluding hydrogens is 262 g/mol. The number of aryl methyl sites for hydroxylation is 1. The number of H-pyrrole nitrogens is 1. The van der Waals surface area contributed by atoms with Crippen molar-refractivity contribution in [2.75, 3.05) is 0 Å². The highest BCUT2D eigenvalue weighted by Gasteiger charge is 2.09. The zero-order valence-corrected chi connectivity index (χ0v) is 11.5. The highest BCUT2D eigenvalue weighted by Crippen LogP contribution is 2.21. The van der Waals surface area contributed by atoms with Gasteiger partial charge in [0.2, 0.25) is 0 Å². The normalized spacial score (nSPS) is 11.3. The Labute approximate surface area is 120 Å². The first-order valence-electron chi connectivity index (χ1n) is 6.80. The van der Waals surface area contributed by atoms with Crippen LogP contribution >= 0.6 is 0 Å². The molecule has 102 valence electrons. The van der Waals surface area contributed by atoms with Crippen LogP contribution in [0.4, 0.5) is 0 Å². The molecule has 0 amide bonds. The predicted molar refractivity (Wildman–Crippen MR) is 83.5 cm³/mol. The molecule has 0 spiro atoms. The van der Waals surface area contributed by atoms with Crippen LogP contribution in [0.15, 0.2) is 59.4 Å². The van der Waals surface area contributed by atoms with E-state index in [1.54, 1.807) is 10.6 Å². The molecule has 0 aliphatic rings. The van der Waals surface area contributed by atoms with Crippen LogP contribution in [0, 0.1) is 6.92 Å². The number of hydrogen-bond donors (Lipinski definition) is 1. The second-order valence-corrected chi connectivity index (χ2v) is 5.16. The van der Waals surface area contributed by atoms with Gasteiger partial charge in [0.1, 0.15) is 5.65 Å². The Hall–Kier alpha value is -2.88.